The standard InChI is InChI=1S/C30H32BrN7O2/c1-37-26-12-11-21(18-25(26)35-27(37)13-8-19-6-9-20(10-7-19)28(32)33)29(39)38-16-14-22(15-17-38)34-30(40)36-24-5-3-2-4-23(24)31/h2-7,9-12,18,22H,8,13-17H2,1H3,(H3,32,33)(H2,34,36,40). The lowest BCUT2D eigenvalue weighted by Gasteiger charge is -2.32. The minimum Gasteiger partial charge on any atom is -0.384 e. The van der Waals surface area contributed by atoms with Crippen molar-refractivity contribution in [2.24, 2.45) is 12.8 Å². The van der Waals surface area contributed by atoms with E-state index in [4.69, 9.17) is 16.1 Å². The molecule has 40 heavy (non-hydrogen) atoms. The molecule has 5 rings (SSSR count). The number of likely N-dealkylation sites (tertiary alicyclic amines) is 1. The number of piperidine rings is 1. The molecule has 1 fully saturated rings. The average molecular weight is 603 g/mol. The lowest BCUT2D eigenvalue weighted by Crippen LogP contribution is -2.47. The predicted molar refractivity (Wildman–Crippen MR) is 161 cm³/mol. The Morgan fingerprint density at radius 2 is 1.73 bits per heavy atom. The largest absolute Gasteiger partial charge is 0.384 e. The summed E-state index contributed by atoms with van der Waals surface area (Å²) in [5.74, 6) is 0.992. The number of nitrogen functional groups attached to an aromatic ring is 1. The number of carbonyl (C=O) groups is 2. The van der Waals surface area contributed by atoms with Gasteiger partial charge in [-0.15, -0.1) is 0 Å². The number of imidazole rings is 1. The number of nitrogens with two attached hydrogens (primary N) is 1. The highest BCUT2D eigenvalue weighted by molar-refractivity contribution is 9.10. The highest BCUT2D eigenvalue weighted by atomic mass is 79.9. The van der Waals surface area contributed by atoms with E-state index in [1.54, 1.807) is 0 Å². The first kappa shape index (κ1) is 27.4. The van der Waals surface area contributed by atoms with Gasteiger partial charge in [-0.2, -0.15) is 0 Å². The highest BCUT2D eigenvalue weighted by Crippen LogP contribution is 2.23. The Morgan fingerprint density at radius 3 is 2.42 bits per heavy atom. The molecular formula is C30H32BrN7O2. The van der Waals surface area contributed by atoms with E-state index in [1.807, 2.05) is 78.7 Å². The lowest BCUT2D eigenvalue weighted by molar-refractivity contribution is 0.0709. The molecule has 0 aliphatic carbocycles. The Hall–Kier alpha value is -4.18. The van der Waals surface area contributed by atoms with Crippen molar-refractivity contribution < 1.29 is 9.59 Å². The van der Waals surface area contributed by atoms with E-state index in [0.717, 1.165) is 39.7 Å². The quantitative estimate of drug-likeness (QED) is 0.178. The molecule has 1 aliphatic rings. The number of rotatable bonds is 7. The molecule has 0 spiro atoms. The third-order valence-electron chi connectivity index (χ3n) is 7.36. The summed E-state index contributed by atoms with van der Waals surface area (Å²) in [7, 11) is 2.00. The van der Waals surface area contributed by atoms with Crippen molar-refractivity contribution in [3.63, 3.8) is 0 Å². The van der Waals surface area contributed by atoms with Crippen molar-refractivity contribution in [1.82, 2.24) is 19.8 Å². The molecule has 3 aromatic carbocycles. The SMILES string of the molecule is Cn1c(CCc2ccc(C(=N)N)cc2)nc2cc(C(=O)N3CCC(NC(=O)Nc4ccccc4Br)CC3)ccc21. The fourth-order valence-corrected chi connectivity index (χ4v) is 5.41. The number of aryl methyl sites for hydroxylation is 3. The third kappa shape index (κ3) is 6.17. The number of amides is 3. The van der Waals surface area contributed by atoms with Gasteiger partial charge >= 0.3 is 6.03 Å². The zero-order valence-electron chi connectivity index (χ0n) is 22.3. The Balaban J connectivity index is 1.17. The molecule has 5 N–H and O–H groups in total. The van der Waals surface area contributed by atoms with Gasteiger partial charge in [-0.05, 0) is 71.1 Å². The minimum absolute atomic E-state index is 0.00558. The van der Waals surface area contributed by atoms with E-state index >= 15 is 0 Å². The van der Waals surface area contributed by atoms with Gasteiger partial charge in [-0.25, -0.2) is 9.78 Å². The molecule has 9 nitrogen and oxygen atoms in total. The summed E-state index contributed by atoms with van der Waals surface area (Å²) >= 11 is 3.44. The smallest absolute Gasteiger partial charge is 0.319 e. The number of anilines is 1. The van der Waals surface area contributed by atoms with Crippen molar-refractivity contribution in [2.75, 3.05) is 18.4 Å². The van der Waals surface area contributed by atoms with Crippen LogP contribution in [0.5, 0.6) is 0 Å². The van der Waals surface area contributed by atoms with Crippen LogP contribution in [0.4, 0.5) is 10.5 Å². The molecule has 2 heterocycles. The number of benzene rings is 3. The number of nitrogens with zero attached hydrogens (tertiary/aromatic N) is 3. The van der Waals surface area contributed by atoms with Crippen LogP contribution in [0.25, 0.3) is 11.0 Å². The monoisotopic (exact) mass is 601 g/mol. The van der Waals surface area contributed by atoms with Gasteiger partial charge in [0.25, 0.3) is 5.91 Å². The van der Waals surface area contributed by atoms with Crippen LogP contribution in [0, 0.1) is 5.41 Å². The number of urea groups is 1. The van der Waals surface area contributed by atoms with Gasteiger partial charge in [0.2, 0.25) is 0 Å². The van der Waals surface area contributed by atoms with Gasteiger partial charge < -0.3 is 25.8 Å². The van der Waals surface area contributed by atoms with E-state index in [-0.39, 0.29) is 23.8 Å². The van der Waals surface area contributed by atoms with E-state index in [1.165, 1.54) is 0 Å². The Kier molecular flexibility index (Phi) is 8.16. The third-order valence-corrected chi connectivity index (χ3v) is 8.05. The van der Waals surface area contributed by atoms with Crippen molar-refractivity contribution in [2.45, 2.75) is 31.7 Å². The number of nitrogens with one attached hydrogen (secondary N) is 3. The summed E-state index contributed by atoms with van der Waals surface area (Å²) in [6.07, 6.45) is 2.95. The Bertz CT molecular complexity index is 1560. The fourth-order valence-electron chi connectivity index (χ4n) is 5.03. The van der Waals surface area contributed by atoms with E-state index in [2.05, 4.69) is 31.1 Å². The summed E-state index contributed by atoms with van der Waals surface area (Å²) in [5.41, 5.74) is 10.5. The first-order valence-corrected chi connectivity index (χ1v) is 14.1. The second-order valence-corrected chi connectivity index (χ2v) is 10.9. The second kappa shape index (κ2) is 11.9. The van der Waals surface area contributed by atoms with Crippen molar-refractivity contribution in [1.29, 1.82) is 5.41 Å². The normalized spacial score (nSPS) is 13.8. The van der Waals surface area contributed by atoms with E-state index in [9.17, 15) is 9.59 Å². The van der Waals surface area contributed by atoms with Gasteiger partial charge in [-0.1, -0.05) is 36.4 Å². The van der Waals surface area contributed by atoms with Gasteiger partial charge in [-0.3, -0.25) is 10.2 Å². The first-order valence-electron chi connectivity index (χ1n) is 13.3. The van der Waals surface area contributed by atoms with Crippen molar-refractivity contribution >= 4 is 50.4 Å². The Morgan fingerprint density at radius 1 is 1.02 bits per heavy atom. The van der Waals surface area contributed by atoms with Crippen LogP contribution in [0.15, 0.2) is 71.2 Å². The average Bonchev–Trinajstić information content (AvgIpc) is 3.27. The maximum atomic E-state index is 13.3. The summed E-state index contributed by atoms with van der Waals surface area (Å²) in [5, 5.41) is 13.4. The molecular weight excluding hydrogens is 570 g/mol. The number of amidine groups is 1. The molecule has 1 aromatic heterocycles. The van der Waals surface area contributed by atoms with Gasteiger partial charge in [0.15, 0.2) is 0 Å². The molecule has 10 heteroatoms. The number of fused-ring (bicyclic) bond motifs is 1. The van der Waals surface area contributed by atoms with Gasteiger partial charge in [0.1, 0.15) is 11.7 Å². The van der Waals surface area contributed by atoms with Crippen LogP contribution in [0.1, 0.15) is 40.2 Å². The first-order chi connectivity index (χ1) is 19.3. The molecule has 0 saturated carbocycles. The molecule has 0 bridgehead atoms. The summed E-state index contributed by atoms with van der Waals surface area (Å²) < 4.78 is 2.90. The van der Waals surface area contributed by atoms with E-state index < -0.39 is 0 Å². The number of para-hydroxylation sites is 1. The fraction of sp³-hybridized carbons (Fsp3) is 0.267. The maximum absolute atomic E-state index is 13.3. The zero-order chi connectivity index (χ0) is 28.2. The van der Waals surface area contributed by atoms with Crippen LogP contribution in [0.3, 0.4) is 0 Å². The molecule has 3 amide bonds. The summed E-state index contributed by atoms with van der Waals surface area (Å²) in [4.78, 5) is 32.4. The van der Waals surface area contributed by atoms with Crippen molar-refractivity contribution in [3.05, 3.63) is 93.7 Å². The zero-order valence-corrected chi connectivity index (χ0v) is 23.9. The lowest BCUT2D eigenvalue weighted by atomic mass is 10.0. The minimum atomic E-state index is -0.249. The van der Waals surface area contributed by atoms with E-state index in [0.29, 0.717) is 42.7 Å². The molecule has 0 atom stereocenters. The molecule has 1 saturated heterocycles. The van der Waals surface area contributed by atoms with Gasteiger partial charge in [0.05, 0.1) is 16.7 Å². The highest BCUT2D eigenvalue weighted by Gasteiger charge is 2.25. The van der Waals surface area contributed by atoms with Crippen LogP contribution in [-0.4, -0.2) is 51.4 Å². The maximum Gasteiger partial charge on any atom is 0.319 e. The molecule has 206 valence electrons. The molecule has 4 aromatic rings. The molecule has 0 radical (unpaired) electrons. The number of hydrogen-bond donors (Lipinski definition) is 4. The predicted octanol–water partition coefficient (Wildman–Crippen LogP) is 4.83. The number of carbonyl (C=O) groups excluding carboxylic acids is 2. The molecule has 1 aliphatic heterocycles. The topological polar surface area (TPSA) is 129 Å². The van der Waals surface area contributed by atoms with Gasteiger partial charge in [0, 0.05) is 48.2 Å². The van der Waals surface area contributed by atoms with Crippen molar-refractivity contribution in [3.8, 4) is 0 Å². The van der Waals surface area contributed by atoms with Crippen LogP contribution < -0.4 is 16.4 Å². The van der Waals surface area contributed by atoms with Crippen LogP contribution in [-0.2, 0) is 19.9 Å². The van der Waals surface area contributed by atoms with Crippen LogP contribution >= 0.6 is 15.9 Å². The van der Waals surface area contributed by atoms with Crippen LogP contribution in [0.2, 0.25) is 0 Å². The molecule has 0 unspecified atom stereocenters. The number of hydrogen-bond acceptors (Lipinski definition) is 4. The summed E-state index contributed by atoms with van der Waals surface area (Å²) in [6.45, 7) is 1.15. The second-order valence-electron chi connectivity index (χ2n) is 10.0. The number of aromatic nitrogens is 2. The summed E-state index contributed by atoms with van der Waals surface area (Å²) in [6, 6.07) is 20.6. The number of halogens is 1. The Labute approximate surface area is 241 Å².